The quantitative estimate of drug-likeness (QED) is 0.640. The molecular formula is C11H14N6O3. The van der Waals surface area contributed by atoms with E-state index in [2.05, 4.69) is 20.6 Å². The van der Waals surface area contributed by atoms with E-state index in [0.29, 0.717) is 11.5 Å². The minimum absolute atomic E-state index is 0.0597. The summed E-state index contributed by atoms with van der Waals surface area (Å²) < 4.78 is 1.31. The summed E-state index contributed by atoms with van der Waals surface area (Å²) in [6.07, 6.45) is 1.59. The summed E-state index contributed by atoms with van der Waals surface area (Å²) in [6.45, 7) is 4.80. The van der Waals surface area contributed by atoms with Gasteiger partial charge in [0.15, 0.2) is 0 Å². The first-order valence-corrected chi connectivity index (χ1v) is 5.88. The SMILES string of the molecule is Cc1cn[nH]c1NC(=O)Cn1nc(C)c([N+](=O)[O-])c1C. The van der Waals surface area contributed by atoms with Crippen molar-refractivity contribution in [2.75, 3.05) is 5.32 Å². The third-order valence-corrected chi connectivity index (χ3v) is 2.91. The first-order valence-electron chi connectivity index (χ1n) is 5.88. The second kappa shape index (κ2) is 5.11. The molecule has 2 aromatic heterocycles. The van der Waals surface area contributed by atoms with Gasteiger partial charge < -0.3 is 5.32 Å². The van der Waals surface area contributed by atoms with Crippen LogP contribution in [0.2, 0.25) is 0 Å². The number of aromatic amines is 1. The van der Waals surface area contributed by atoms with Crippen LogP contribution in [0.25, 0.3) is 0 Å². The molecule has 9 heteroatoms. The second-order valence-corrected chi connectivity index (χ2v) is 4.41. The lowest BCUT2D eigenvalue weighted by Gasteiger charge is -2.05. The van der Waals surface area contributed by atoms with Crippen LogP contribution >= 0.6 is 0 Å². The van der Waals surface area contributed by atoms with E-state index < -0.39 is 4.92 Å². The van der Waals surface area contributed by atoms with Crippen molar-refractivity contribution >= 4 is 17.4 Å². The predicted octanol–water partition coefficient (Wildman–Crippen LogP) is 1.08. The van der Waals surface area contributed by atoms with E-state index in [1.54, 1.807) is 27.0 Å². The van der Waals surface area contributed by atoms with E-state index in [1.165, 1.54) is 4.68 Å². The molecule has 2 N–H and O–H groups in total. The molecule has 0 radical (unpaired) electrons. The van der Waals surface area contributed by atoms with Crippen molar-refractivity contribution < 1.29 is 9.72 Å². The van der Waals surface area contributed by atoms with Gasteiger partial charge in [-0.3, -0.25) is 24.7 Å². The standard InChI is InChI=1S/C11H14N6O3/c1-6-4-12-14-11(6)13-9(18)5-16-8(3)10(17(19)20)7(2)15-16/h4H,5H2,1-3H3,(H2,12,13,14,18). The van der Waals surface area contributed by atoms with E-state index in [9.17, 15) is 14.9 Å². The highest BCUT2D eigenvalue weighted by molar-refractivity contribution is 5.90. The Morgan fingerprint density at radius 3 is 2.70 bits per heavy atom. The van der Waals surface area contributed by atoms with Crippen LogP contribution in [0.5, 0.6) is 0 Å². The largest absolute Gasteiger partial charge is 0.312 e. The van der Waals surface area contributed by atoms with Gasteiger partial charge in [-0.2, -0.15) is 10.2 Å². The van der Waals surface area contributed by atoms with Gasteiger partial charge in [0, 0.05) is 5.56 Å². The fraction of sp³-hybridized carbons (Fsp3) is 0.364. The molecule has 0 aromatic carbocycles. The van der Waals surface area contributed by atoms with Crippen LogP contribution in [-0.2, 0) is 11.3 Å². The Kier molecular flexibility index (Phi) is 3.51. The number of aryl methyl sites for hydroxylation is 2. The lowest BCUT2D eigenvalue weighted by molar-refractivity contribution is -0.386. The number of hydrogen-bond acceptors (Lipinski definition) is 5. The molecule has 1 amide bonds. The zero-order valence-electron chi connectivity index (χ0n) is 11.3. The molecule has 0 aliphatic heterocycles. The van der Waals surface area contributed by atoms with Crippen molar-refractivity contribution in [3.05, 3.63) is 33.3 Å². The number of nitrogens with zero attached hydrogens (tertiary/aromatic N) is 4. The molecule has 9 nitrogen and oxygen atoms in total. The number of H-pyrrole nitrogens is 1. The number of rotatable bonds is 4. The molecule has 0 saturated heterocycles. The molecule has 0 fully saturated rings. The fourth-order valence-electron chi connectivity index (χ4n) is 1.89. The molecule has 0 aliphatic carbocycles. The van der Waals surface area contributed by atoms with E-state index >= 15 is 0 Å². The first kappa shape index (κ1) is 13.7. The van der Waals surface area contributed by atoms with Crippen molar-refractivity contribution in [3.8, 4) is 0 Å². The highest BCUT2D eigenvalue weighted by atomic mass is 16.6. The van der Waals surface area contributed by atoms with Crippen LogP contribution in [0.1, 0.15) is 17.0 Å². The summed E-state index contributed by atoms with van der Waals surface area (Å²) in [4.78, 5) is 22.3. The van der Waals surface area contributed by atoms with Gasteiger partial charge in [-0.1, -0.05) is 0 Å². The summed E-state index contributed by atoms with van der Waals surface area (Å²) in [7, 11) is 0. The van der Waals surface area contributed by atoms with Gasteiger partial charge in [-0.15, -0.1) is 0 Å². The molecule has 2 heterocycles. The number of carbonyl (C=O) groups is 1. The van der Waals surface area contributed by atoms with Crippen LogP contribution in [0.4, 0.5) is 11.5 Å². The highest BCUT2D eigenvalue weighted by Gasteiger charge is 2.22. The van der Waals surface area contributed by atoms with Gasteiger partial charge in [-0.05, 0) is 20.8 Å². The van der Waals surface area contributed by atoms with E-state index in [-0.39, 0.29) is 23.8 Å². The van der Waals surface area contributed by atoms with Crippen LogP contribution in [-0.4, -0.2) is 30.8 Å². The van der Waals surface area contributed by atoms with Gasteiger partial charge in [0.05, 0.1) is 11.1 Å². The van der Waals surface area contributed by atoms with Crippen molar-refractivity contribution in [3.63, 3.8) is 0 Å². The fourth-order valence-corrected chi connectivity index (χ4v) is 1.89. The molecular weight excluding hydrogens is 264 g/mol. The molecule has 0 atom stereocenters. The number of nitro groups is 1. The van der Waals surface area contributed by atoms with Crippen LogP contribution in [0.3, 0.4) is 0 Å². The second-order valence-electron chi connectivity index (χ2n) is 4.41. The maximum Gasteiger partial charge on any atom is 0.312 e. The smallest absolute Gasteiger partial charge is 0.309 e. The molecule has 106 valence electrons. The van der Waals surface area contributed by atoms with Crippen molar-refractivity contribution in [2.45, 2.75) is 27.3 Å². The average molecular weight is 278 g/mol. The predicted molar refractivity (Wildman–Crippen MR) is 70.3 cm³/mol. The third-order valence-electron chi connectivity index (χ3n) is 2.91. The summed E-state index contributed by atoms with van der Waals surface area (Å²) in [5.41, 5.74) is 1.38. The Morgan fingerprint density at radius 1 is 1.50 bits per heavy atom. The molecule has 2 aromatic rings. The number of nitrogens with one attached hydrogen (secondary N) is 2. The van der Waals surface area contributed by atoms with E-state index in [1.807, 2.05) is 0 Å². The van der Waals surface area contributed by atoms with Crippen LogP contribution in [0, 0.1) is 30.9 Å². The maximum atomic E-state index is 11.9. The minimum atomic E-state index is -0.495. The van der Waals surface area contributed by atoms with Crippen LogP contribution < -0.4 is 5.32 Å². The molecule has 0 saturated carbocycles. The summed E-state index contributed by atoms with van der Waals surface area (Å²) in [5.74, 6) is 0.170. The summed E-state index contributed by atoms with van der Waals surface area (Å²) in [5, 5.41) is 24.0. The third kappa shape index (κ3) is 2.51. The number of aromatic nitrogens is 4. The zero-order chi connectivity index (χ0) is 14.9. The maximum absolute atomic E-state index is 11.9. The number of amides is 1. The molecule has 2 rings (SSSR count). The Bertz CT molecular complexity index is 672. The average Bonchev–Trinajstić information content (AvgIpc) is 2.84. The molecule has 20 heavy (non-hydrogen) atoms. The van der Waals surface area contributed by atoms with Gasteiger partial charge in [-0.25, -0.2) is 0 Å². The topological polar surface area (TPSA) is 119 Å². The van der Waals surface area contributed by atoms with Crippen molar-refractivity contribution in [2.24, 2.45) is 0 Å². The summed E-state index contributed by atoms with van der Waals surface area (Å²) in [6, 6.07) is 0. The molecule has 0 bridgehead atoms. The van der Waals surface area contributed by atoms with Gasteiger partial charge in [0.25, 0.3) is 0 Å². The monoisotopic (exact) mass is 278 g/mol. The number of hydrogen-bond donors (Lipinski definition) is 2. The van der Waals surface area contributed by atoms with E-state index in [0.717, 1.165) is 5.56 Å². The Balaban J connectivity index is 2.15. The van der Waals surface area contributed by atoms with Crippen molar-refractivity contribution in [1.29, 1.82) is 0 Å². The van der Waals surface area contributed by atoms with Gasteiger partial charge >= 0.3 is 5.69 Å². The number of carbonyl (C=O) groups excluding carboxylic acids is 1. The Morgan fingerprint density at radius 2 is 2.20 bits per heavy atom. The van der Waals surface area contributed by atoms with Crippen molar-refractivity contribution in [1.82, 2.24) is 20.0 Å². The summed E-state index contributed by atoms with van der Waals surface area (Å²) >= 11 is 0. The molecule has 0 unspecified atom stereocenters. The van der Waals surface area contributed by atoms with Crippen LogP contribution in [0.15, 0.2) is 6.20 Å². The lowest BCUT2D eigenvalue weighted by Crippen LogP contribution is -2.21. The highest BCUT2D eigenvalue weighted by Crippen LogP contribution is 2.21. The minimum Gasteiger partial charge on any atom is -0.309 e. The van der Waals surface area contributed by atoms with Gasteiger partial charge in [0.1, 0.15) is 23.8 Å². The Hall–Kier alpha value is -2.71. The number of anilines is 1. The first-order chi connectivity index (χ1) is 9.40. The molecule has 0 spiro atoms. The van der Waals surface area contributed by atoms with Gasteiger partial charge in [0.2, 0.25) is 5.91 Å². The zero-order valence-corrected chi connectivity index (χ0v) is 11.3. The lowest BCUT2D eigenvalue weighted by atomic mass is 10.3. The molecule has 0 aliphatic rings. The normalized spacial score (nSPS) is 10.6. The van der Waals surface area contributed by atoms with E-state index in [4.69, 9.17) is 0 Å². The Labute approximate surface area is 114 Å².